The predicted molar refractivity (Wildman–Crippen MR) is 84.4 cm³/mol. The number of rotatable bonds is 4. The first-order valence-corrected chi connectivity index (χ1v) is 7.62. The summed E-state index contributed by atoms with van der Waals surface area (Å²) in [7, 11) is 0. The number of fused-ring (bicyclic) bond motifs is 1. The topological polar surface area (TPSA) is 88.8 Å². The molecule has 23 heavy (non-hydrogen) atoms. The first-order valence-electron chi connectivity index (χ1n) is 7.62. The maximum Gasteiger partial charge on any atom is 0.254 e. The normalized spacial score (nSPS) is 16.7. The molecule has 0 saturated heterocycles. The average Bonchev–Trinajstić information content (AvgIpc) is 3.03. The summed E-state index contributed by atoms with van der Waals surface area (Å²) in [5, 5.41) is 14.9. The van der Waals surface area contributed by atoms with Gasteiger partial charge in [0.2, 0.25) is 5.95 Å². The first-order chi connectivity index (χ1) is 11.2. The molecule has 8 nitrogen and oxygen atoms in total. The van der Waals surface area contributed by atoms with Gasteiger partial charge in [0.15, 0.2) is 0 Å². The number of likely N-dealkylation sites (N-methyl/N-ethyl adjacent to an activating group) is 1. The third kappa shape index (κ3) is 2.56. The van der Waals surface area contributed by atoms with Gasteiger partial charge in [-0.3, -0.25) is 9.78 Å². The van der Waals surface area contributed by atoms with Gasteiger partial charge >= 0.3 is 0 Å². The summed E-state index contributed by atoms with van der Waals surface area (Å²) in [5.74, 6) is 0.502. The molecule has 8 heteroatoms. The third-order valence-electron chi connectivity index (χ3n) is 4.00. The molecule has 0 fully saturated rings. The lowest BCUT2D eigenvalue weighted by Crippen LogP contribution is -2.38. The number of hydrogen-bond acceptors (Lipinski definition) is 6. The zero-order valence-electron chi connectivity index (χ0n) is 13.4. The molecule has 120 valence electrons. The summed E-state index contributed by atoms with van der Waals surface area (Å²) in [6.07, 6.45) is 3.44. The Labute approximate surface area is 134 Å². The van der Waals surface area contributed by atoms with Crippen LogP contribution in [0.15, 0.2) is 35.8 Å². The van der Waals surface area contributed by atoms with Gasteiger partial charge in [-0.2, -0.15) is 4.68 Å². The molecular weight excluding hydrogens is 294 g/mol. The van der Waals surface area contributed by atoms with E-state index in [1.165, 1.54) is 0 Å². The van der Waals surface area contributed by atoms with Crippen LogP contribution in [-0.4, -0.2) is 49.1 Å². The van der Waals surface area contributed by atoms with E-state index >= 15 is 0 Å². The van der Waals surface area contributed by atoms with E-state index in [0.717, 1.165) is 11.3 Å². The third-order valence-corrected chi connectivity index (χ3v) is 4.00. The second-order valence-electron chi connectivity index (χ2n) is 5.28. The largest absolute Gasteiger partial charge is 0.339 e. The Balaban J connectivity index is 2.13. The molecule has 2 aromatic rings. The van der Waals surface area contributed by atoms with Crippen molar-refractivity contribution in [1.82, 2.24) is 30.1 Å². The lowest BCUT2D eigenvalue weighted by Gasteiger charge is -2.30. The van der Waals surface area contributed by atoms with Crippen molar-refractivity contribution in [2.75, 3.05) is 18.4 Å². The first kappa shape index (κ1) is 15.1. The van der Waals surface area contributed by atoms with E-state index in [4.69, 9.17) is 0 Å². The van der Waals surface area contributed by atoms with Crippen molar-refractivity contribution in [2.45, 2.75) is 26.8 Å². The molecule has 0 radical (unpaired) electrons. The summed E-state index contributed by atoms with van der Waals surface area (Å²) < 4.78 is 1.63. The molecule has 0 bridgehead atoms. The predicted octanol–water partition coefficient (Wildman–Crippen LogP) is 1.23. The number of carbonyl (C=O) groups is 1. The minimum atomic E-state index is -0.386. The standard InChI is InChI=1S/C15H19N7O/c1-4-21(5-2)14(23)12-10(3)17-15-18-19-20-22(15)13(12)11-7-6-8-16-9-11/h6-9,13H,4-5H2,1-3H3,(H,17,18,20)/t13-/m1/s1. The van der Waals surface area contributed by atoms with Crippen molar-refractivity contribution >= 4 is 11.9 Å². The van der Waals surface area contributed by atoms with Crippen molar-refractivity contribution in [3.05, 3.63) is 41.4 Å². The molecule has 0 unspecified atom stereocenters. The van der Waals surface area contributed by atoms with Gasteiger partial charge in [0.05, 0.1) is 5.57 Å². The molecule has 0 saturated carbocycles. The number of anilines is 1. The number of pyridine rings is 1. The minimum absolute atomic E-state index is 0.0185. The van der Waals surface area contributed by atoms with Gasteiger partial charge < -0.3 is 10.2 Å². The van der Waals surface area contributed by atoms with Gasteiger partial charge in [-0.15, -0.1) is 0 Å². The zero-order valence-corrected chi connectivity index (χ0v) is 13.4. The van der Waals surface area contributed by atoms with E-state index in [1.54, 1.807) is 22.0 Å². The van der Waals surface area contributed by atoms with Crippen LogP contribution in [0.2, 0.25) is 0 Å². The number of hydrogen-bond donors (Lipinski definition) is 1. The van der Waals surface area contributed by atoms with Gasteiger partial charge in [-0.05, 0) is 42.8 Å². The molecule has 0 aliphatic carbocycles. The van der Waals surface area contributed by atoms with Crippen molar-refractivity contribution in [3.8, 4) is 0 Å². The van der Waals surface area contributed by atoms with Crippen LogP contribution >= 0.6 is 0 Å². The Hall–Kier alpha value is -2.77. The molecule has 3 heterocycles. The minimum Gasteiger partial charge on any atom is -0.339 e. The van der Waals surface area contributed by atoms with Gasteiger partial charge in [0, 0.05) is 31.2 Å². The van der Waals surface area contributed by atoms with Crippen LogP contribution in [0.5, 0.6) is 0 Å². The van der Waals surface area contributed by atoms with E-state index in [-0.39, 0.29) is 11.9 Å². The number of allylic oxidation sites excluding steroid dienone is 1. The molecule has 1 atom stereocenters. The van der Waals surface area contributed by atoms with E-state index in [2.05, 4.69) is 25.8 Å². The fourth-order valence-electron chi connectivity index (χ4n) is 2.82. The fourth-order valence-corrected chi connectivity index (χ4v) is 2.82. The smallest absolute Gasteiger partial charge is 0.254 e. The molecule has 1 aliphatic heterocycles. The SMILES string of the molecule is CCN(CC)C(=O)C1=C(C)Nc2nnnn2[C@@H]1c1cccnc1. The molecule has 0 aromatic carbocycles. The molecule has 2 aromatic heterocycles. The van der Waals surface area contributed by atoms with Gasteiger partial charge in [0.1, 0.15) is 6.04 Å². The van der Waals surface area contributed by atoms with Gasteiger partial charge in [-0.25, -0.2) is 0 Å². The molecular formula is C15H19N7O. The molecule has 1 amide bonds. The van der Waals surface area contributed by atoms with Crippen molar-refractivity contribution in [3.63, 3.8) is 0 Å². The van der Waals surface area contributed by atoms with Crippen LogP contribution in [0, 0.1) is 0 Å². The summed E-state index contributed by atoms with van der Waals surface area (Å²) in [4.78, 5) is 19.0. The highest BCUT2D eigenvalue weighted by Gasteiger charge is 2.35. The number of tetrazole rings is 1. The summed E-state index contributed by atoms with van der Waals surface area (Å²) in [6.45, 7) is 7.10. The lowest BCUT2D eigenvalue weighted by atomic mass is 9.96. The van der Waals surface area contributed by atoms with Crippen molar-refractivity contribution in [2.24, 2.45) is 0 Å². The number of nitrogens with zero attached hydrogens (tertiary/aromatic N) is 6. The summed E-state index contributed by atoms with van der Waals surface area (Å²) in [6, 6.07) is 3.39. The van der Waals surface area contributed by atoms with E-state index in [1.807, 2.05) is 32.9 Å². The summed E-state index contributed by atoms with van der Waals surface area (Å²) in [5.41, 5.74) is 2.27. The fraction of sp³-hybridized carbons (Fsp3) is 0.400. The van der Waals surface area contributed by atoms with Crippen LogP contribution in [-0.2, 0) is 4.79 Å². The number of amides is 1. The second kappa shape index (κ2) is 6.15. The highest BCUT2D eigenvalue weighted by Crippen LogP contribution is 2.34. The zero-order chi connectivity index (χ0) is 16.4. The average molecular weight is 313 g/mol. The maximum atomic E-state index is 13.0. The maximum absolute atomic E-state index is 13.0. The number of aromatic nitrogens is 5. The summed E-state index contributed by atoms with van der Waals surface area (Å²) >= 11 is 0. The Morgan fingerprint density at radius 1 is 1.39 bits per heavy atom. The van der Waals surface area contributed by atoms with Crippen LogP contribution in [0.25, 0.3) is 0 Å². The number of nitrogens with one attached hydrogen (secondary N) is 1. The highest BCUT2D eigenvalue weighted by molar-refractivity contribution is 5.96. The van der Waals surface area contributed by atoms with Crippen LogP contribution in [0.3, 0.4) is 0 Å². The second-order valence-corrected chi connectivity index (χ2v) is 5.28. The van der Waals surface area contributed by atoms with Crippen LogP contribution in [0.4, 0.5) is 5.95 Å². The Bertz CT molecular complexity index is 733. The Morgan fingerprint density at radius 3 is 2.83 bits per heavy atom. The Kier molecular flexibility index (Phi) is 4.05. The Morgan fingerprint density at radius 2 is 2.17 bits per heavy atom. The highest BCUT2D eigenvalue weighted by atomic mass is 16.2. The van der Waals surface area contributed by atoms with E-state index in [0.29, 0.717) is 24.6 Å². The monoisotopic (exact) mass is 313 g/mol. The lowest BCUT2D eigenvalue weighted by molar-refractivity contribution is -0.127. The van der Waals surface area contributed by atoms with Crippen molar-refractivity contribution in [1.29, 1.82) is 0 Å². The molecule has 1 aliphatic rings. The van der Waals surface area contributed by atoms with Gasteiger partial charge in [-0.1, -0.05) is 11.2 Å². The van der Waals surface area contributed by atoms with E-state index < -0.39 is 0 Å². The molecule has 0 spiro atoms. The van der Waals surface area contributed by atoms with E-state index in [9.17, 15) is 4.79 Å². The van der Waals surface area contributed by atoms with Crippen molar-refractivity contribution < 1.29 is 4.79 Å². The van der Waals surface area contributed by atoms with Crippen LogP contribution in [0.1, 0.15) is 32.4 Å². The van der Waals surface area contributed by atoms with Gasteiger partial charge in [0.25, 0.3) is 5.91 Å². The quantitative estimate of drug-likeness (QED) is 0.913. The number of carbonyl (C=O) groups excluding carboxylic acids is 1. The van der Waals surface area contributed by atoms with Crippen LogP contribution < -0.4 is 5.32 Å². The molecule has 1 N–H and O–H groups in total. The molecule has 3 rings (SSSR count).